The van der Waals surface area contributed by atoms with Crippen molar-refractivity contribution in [1.29, 1.82) is 0 Å². The Bertz CT molecular complexity index is 16.0. The van der Waals surface area contributed by atoms with E-state index in [1.165, 1.54) is 0 Å². The summed E-state index contributed by atoms with van der Waals surface area (Å²) >= 11 is 0. The molecule has 0 radical (unpaired) electrons. The van der Waals surface area contributed by atoms with Crippen LogP contribution in [0.2, 0.25) is 0 Å². The van der Waals surface area contributed by atoms with E-state index in [4.69, 9.17) is 0 Å². The SMILES string of the molecule is Cl.Cl.Cl.[CH2-]C(C)C.[Hf]. The van der Waals surface area contributed by atoms with Gasteiger partial charge in [-0.2, -0.15) is 5.92 Å². The Morgan fingerprint density at radius 2 is 1.00 bits per heavy atom. The molecule has 0 atom stereocenters. The first-order chi connectivity index (χ1) is 1.73. The minimum atomic E-state index is 0. The largest absolute Gasteiger partial charge is 0.341 e. The third-order valence-corrected chi connectivity index (χ3v) is 0. The van der Waals surface area contributed by atoms with Crippen molar-refractivity contribution in [2.75, 3.05) is 0 Å². The van der Waals surface area contributed by atoms with E-state index in [2.05, 4.69) is 20.8 Å². The molecule has 0 saturated heterocycles. The molecule has 0 aromatic heterocycles. The zero-order valence-corrected chi connectivity index (χ0v) is 11.1. The minimum absolute atomic E-state index is 0. The molecule has 0 aliphatic heterocycles. The van der Waals surface area contributed by atoms with Crippen LogP contribution in [-0.4, -0.2) is 0 Å². The average Bonchev–Trinajstić information content (AvgIpc) is 0.811. The number of halogens is 3. The quantitative estimate of drug-likeness (QED) is 0.468. The van der Waals surface area contributed by atoms with Gasteiger partial charge in [-0.3, -0.25) is 0 Å². The van der Waals surface area contributed by atoms with Gasteiger partial charge in [0.05, 0.1) is 0 Å². The first kappa shape index (κ1) is 33.1. The second kappa shape index (κ2) is 23.3. The Kier molecular flexibility index (Phi) is 96.5. The molecule has 0 aliphatic rings. The van der Waals surface area contributed by atoms with E-state index in [1.54, 1.807) is 0 Å². The summed E-state index contributed by atoms with van der Waals surface area (Å²) in [5, 5.41) is 0. The molecular weight excluding hydrogens is 333 g/mol. The second-order valence-electron chi connectivity index (χ2n) is 1.39. The molecule has 0 aliphatic carbocycles. The molecule has 8 heavy (non-hydrogen) atoms. The number of hydrogen-bond acceptors (Lipinski definition) is 0. The van der Waals surface area contributed by atoms with E-state index >= 15 is 0 Å². The standard InChI is InChI=1S/C4H9.3ClH.Hf/c1-4(2)3;;;;/h4H,1H2,2-3H3;3*1H;/q-1;;;;. The number of hydrogen-bond donors (Lipinski definition) is 0. The van der Waals surface area contributed by atoms with Crippen LogP contribution in [-0.2, 0) is 25.8 Å². The Balaban J connectivity index is -0.00000000750. The van der Waals surface area contributed by atoms with Crippen molar-refractivity contribution in [2.24, 2.45) is 5.92 Å². The van der Waals surface area contributed by atoms with Crippen molar-refractivity contribution in [3.05, 3.63) is 6.92 Å². The fourth-order valence-electron chi connectivity index (χ4n) is 0. The molecule has 54 valence electrons. The van der Waals surface area contributed by atoms with Crippen molar-refractivity contribution in [2.45, 2.75) is 13.8 Å². The average molecular weight is 345 g/mol. The molecule has 0 N–H and O–H groups in total. The molecule has 0 unspecified atom stereocenters. The molecule has 4 heteroatoms. The van der Waals surface area contributed by atoms with Crippen LogP contribution in [0.25, 0.3) is 0 Å². The van der Waals surface area contributed by atoms with Gasteiger partial charge in [0.1, 0.15) is 0 Å². The van der Waals surface area contributed by atoms with Crippen LogP contribution in [0.15, 0.2) is 0 Å². The van der Waals surface area contributed by atoms with Gasteiger partial charge in [-0.05, 0) is 0 Å². The predicted molar refractivity (Wildman–Crippen MR) is 41.9 cm³/mol. The third kappa shape index (κ3) is 116. The molecule has 0 rings (SSSR count). The zero-order chi connectivity index (χ0) is 3.58. The van der Waals surface area contributed by atoms with Gasteiger partial charge in [0, 0.05) is 25.8 Å². The summed E-state index contributed by atoms with van der Waals surface area (Å²) in [6, 6.07) is 0. The summed E-state index contributed by atoms with van der Waals surface area (Å²) in [5.41, 5.74) is 0. The van der Waals surface area contributed by atoms with E-state index in [0.717, 1.165) is 0 Å². The normalized spacial score (nSPS) is 4.50. The molecule has 0 amide bonds. The molecule has 0 bridgehead atoms. The van der Waals surface area contributed by atoms with Crippen LogP contribution < -0.4 is 0 Å². The maximum atomic E-state index is 3.64. The topological polar surface area (TPSA) is 0 Å². The van der Waals surface area contributed by atoms with E-state index in [-0.39, 0.29) is 63.1 Å². The summed E-state index contributed by atoms with van der Waals surface area (Å²) in [7, 11) is 0. The van der Waals surface area contributed by atoms with Crippen molar-refractivity contribution in [1.82, 2.24) is 0 Å². The zero-order valence-electron chi connectivity index (χ0n) is 5.01. The maximum absolute atomic E-state index is 3.64. The second-order valence-corrected chi connectivity index (χ2v) is 1.39. The summed E-state index contributed by atoms with van der Waals surface area (Å²) in [6.07, 6.45) is 0. The van der Waals surface area contributed by atoms with Crippen molar-refractivity contribution in [3.8, 4) is 0 Å². The van der Waals surface area contributed by atoms with E-state index in [0.29, 0.717) is 5.92 Å². The van der Waals surface area contributed by atoms with Crippen molar-refractivity contribution in [3.63, 3.8) is 0 Å². The molecular formula is C4H12Cl3Hf-. The smallest absolute Gasteiger partial charge is 0 e. The van der Waals surface area contributed by atoms with Gasteiger partial charge in [0.2, 0.25) is 0 Å². The van der Waals surface area contributed by atoms with Gasteiger partial charge in [0.15, 0.2) is 0 Å². The molecule has 0 nitrogen and oxygen atoms in total. The van der Waals surface area contributed by atoms with Gasteiger partial charge < -0.3 is 6.92 Å². The van der Waals surface area contributed by atoms with E-state index in [9.17, 15) is 0 Å². The Labute approximate surface area is 89.2 Å². The third-order valence-electron chi connectivity index (χ3n) is 0. The van der Waals surface area contributed by atoms with Crippen molar-refractivity contribution < 1.29 is 25.8 Å². The summed E-state index contributed by atoms with van der Waals surface area (Å²) in [4.78, 5) is 0. The summed E-state index contributed by atoms with van der Waals surface area (Å²) in [5.74, 6) is 0.583. The predicted octanol–water partition coefficient (Wildman–Crippen LogP) is 2.74. The first-order valence-corrected chi connectivity index (χ1v) is 1.56. The van der Waals surface area contributed by atoms with E-state index in [1.807, 2.05) is 0 Å². The van der Waals surface area contributed by atoms with Gasteiger partial charge in [-0.15, -0.1) is 37.2 Å². The van der Waals surface area contributed by atoms with Crippen molar-refractivity contribution >= 4 is 37.2 Å². The molecule has 0 aromatic carbocycles. The fraction of sp³-hybridized carbons (Fsp3) is 0.750. The van der Waals surface area contributed by atoms with Gasteiger partial charge in [0.25, 0.3) is 0 Å². The fourth-order valence-corrected chi connectivity index (χ4v) is 0. The summed E-state index contributed by atoms with van der Waals surface area (Å²) < 4.78 is 0. The molecule has 0 fully saturated rings. The van der Waals surface area contributed by atoms with Crippen LogP contribution in [0.3, 0.4) is 0 Å². The molecule has 0 saturated carbocycles. The van der Waals surface area contributed by atoms with Crippen LogP contribution in [0, 0.1) is 12.8 Å². The number of rotatable bonds is 0. The van der Waals surface area contributed by atoms with Gasteiger partial charge in [-0.25, -0.2) is 0 Å². The molecule has 0 heterocycles. The summed E-state index contributed by atoms with van der Waals surface area (Å²) in [6.45, 7) is 7.75. The Morgan fingerprint density at radius 3 is 1.00 bits per heavy atom. The Hall–Kier alpha value is 1.74. The van der Waals surface area contributed by atoms with E-state index < -0.39 is 0 Å². The molecule has 0 aromatic rings. The van der Waals surface area contributed by atoms with Crippen LogP contribution in [0.5, 0.6) is 0 Å². The van der Waals surface area contributed by atoms with Gasteiger partial charge >= 0.3 is 0 Å². The minimum Gasteiger partial charge on any atom is -0.341 e. The maximum Gasteiger partial charge on any atom is 0 e. The van der Waals surface area contributed by atoms with Crippen LogP contribution in [0.1, 0.15) is 13.8 Å². The molecule has 0 spiro atoms. The van der Waals surface area contributed by atoms with Crippen LogP contribution >= 0.6 is 37.2 Å². The van der Waals surface area contributed by atoms with Gasteiger partial charge in [-0.1, -0.05) is 13.8 Å². The van der Waals surface area contributed by atoms with Crippen LogP contribution in [0.4, 0.5) is 0 Å². The monoisotopic (exact) mass is 345 g/mol. The Morgan fingerprint density at radius 1 is 1.00 bits per heavy atom. The first-order valence-electron chi connectivity index (χ1n) is 1.56.